The van der Waals surface area contributed by atoms with Crippen LogP contribution in [-0.2, 0) is 19.3 Å². The van der Waals surface area contributed by atoms with Crippen LogP contribution in [0.15, 0.2) is 52.9 Å². The minimum Gasteiger partial charge on any atom is -0.481 e. The number of nitriles is 1. The molecular formula is C29H35Cl2N3O4S. The van der Waals surface area contributed by atoms with E-state index in [0.717, 1.165) is 11.1 Å². The Labute approximate surface area is 241 Å². The summed E-state index contributed by atoms with van der Waals surface area (Å²) in [6.45, 7) is 9.04. The summed E-state index contributed by atoms with van der Waals surface area (Å²) in [5, 5.41) is 19.8. The van der Waals surface area contributed by atoms with Crippen LogP contribution in [0.1, 0.15) is 70.5 Å². The third kappa shape index (κ3) is 6.77. The lowest BCUT2D eigenvalue weighted by Gasteiger charge is -2.53. The number of piperidine rings is 1. The van der Waals surface area contributed by atoms with Gasteiger partial charge < -0.3 is 10.0 Å². The Kier molecular flexibility index (Phi) is 9.74. The molecule has 0 radical (unpaired) electrons. The molecule has 5 atom stereocenters. The molecule has 0 aliphatic carbocycles. The molecular weight excluding hydrogens is 557 g/mol. The van der Waals surface area contributed by atoms with Gasteiger partial charge in [0.2, 0.25) is 12.1 Å². The van der Waals surface area contributed by atoms with Crippen molar-refractivity contribution in [1.82, 2.24) is 4.90 Å². The van der Waals surface area contributed by atoms with Crippen molar-refractivity contribution in [1.29, 1.82) is 5.26 Å². The number of aliphatic carboxylic acids is 1. The summed E-state index contributed by atoms with van der Waals surface area (Å²) in [5.74, 6) is -1.92. The number of likely N-dealkylation sites (tertiary alicyclic amines) is 1. The van der Waals surface area contributed by atoms with Crippen LogP contribution in [0.3, 0.4) is 0 Å². The standard InChI is InChI=1S/C29H35Cl2N3O4S/c1-18(2)25(16-39(38,19(3)4)33-17-32)34-27(20-9-11-22(30)12-10-20)24(21-7-6-8-23(31)13-21)14-29(5,28(34)37)15-26(35)36/h6-13,18-19,24-25,27H,14-16H2,1-5H3,(H,35,36)/t24-,25-,27-,29-,39?/m1/s1. The largest absolute Gasteiger partial charge is 0.481 e. The molecule has 1 heterocycles. The van der Waals surface area contributed by atoms with Crippen molar-refractivity contribution >= 4 is 44.8 Å². The Morgan fingerprint density at radius 3 is 2.31 bits per heavy atom. The van der Waals surface area contributed by atoms with Crippen LogP contribution in [-0.4, -0.2) is 43.1 Å². The normalized spacial score (nSPS) is 23.8. The van der Waals surface area contributed by atoms with E-state index in [9.17, 15) is 24.2 Å². The van der Waals surface area contributed by atoms with E-state index >= 15 is 0 Å². The molecule has 1 aliphatic rings. The summed E-state index contributed by atoms with van der Waals surface area (Å²) < 4.78 is 17.8. The number of amides is 1. The highest BCUT2D eigenvalue weighted by molar-refractivity contribution is 7.94. The van der Waals surface area contributed by atoms with Gasteiger partial charge in [0, 0.05) is 27.3 Å². The zero-order valence-electron chi connectivity index (χ0n) is 22.8. The predicted molar refractivity (Wildman–Crippen MR) is 155 cm³/mol. The minimum absolute atomic E-state index is 0.0167. The maximum absolute atomic E-state index is 14.5. The summed E-state index contributed by atoms with van der Waals surface area (Å²) in [5.41, 5.74) is 0.444. The van der Waals surface area contributed by atoms with Crippen LogP contribution >= 0.6 is 23.2 Å². The third-order valence-corrected chi connectivity index (χ3v) is 10.8. The van der Waals surface area contributed by atoms with Crippen molar-refractivity contribution in [2.24, 2.45) is 15.7 Å². The maximum Gasteiger partial charge on any atom is 0.304 e. The summed E-state index contributed by atoms with van der Waals surface area (Å²) in [6.07, 6.45) is 1.63. The molecule has 39 heavy (non-hydrogen) atoms. The van der Waals surface area contributed by atoms with Gasteiger partial charge in [-0.05, 0) is 47.7 Å². The molecule has 0 bridgehead atoms. The van der Waals surface area contributed by atoms with Crippen molar-refractivity contribution < 1.29 is 18.9 Å². The van der Waals surface area contributed by atoms with Crippen LogP contribution in [0.25, 0.3) is 0 Å². The van der Waals surface area contributed by atoms with Gasteiger partial charge in [0.15, 0.2) is 0 Å². The first-order chi connectivity index (χ1) is 18.2. The molecule has 2 aromatic rings. The molecule has 0 saturated carbocycles. The number of halogens is 2. The Balaban J connectivity index is 2.34. The Hall–Kier alpha value is -2.60. The average Bonchev–Trinajstić information content (AvgIpc) is 2.84. The molecule has 1 amide bonds. The van der Waals surface area contributed by atoms with Crippen molar-refractivity contribution in [3.8, 4) is 6.19 Å². The highest BCUT2D eigenvalue weighted by atomic mass is 35.5. The van der Waals surface area contributed by atoms with Crippen molar-refractivity contribution in [2.45, 2.75) is 70.7 Å². The van der Waals surface area contributed by atoms with E-state index in [0.29, 0.717) is 10.0 Å². The Morgan fingerprint density at radius 2 is 1.79 bits per heavy atom. The molecule has 10 heteroatoms. The molecule has 1 aliphatic heterocycles. The number of hydrogen-bond acceptors (Lipinski definition) is 5. The van der Waals surface area contributed by atoms with Crippen molar-refractivity contribution in [3.05, 3.63) is 69.7 Å². The summed E-state index contributed by atoms with van der Waals surface area (Å²) in [6, 6.07) is 13.5. The second kappa shape index (κ2) is 12.3. The van der Waals surface area contributed by atoms with E-state index in [-0.39, 0.29) is 36.3 Å². The van der Waals surface area contributed by atoms with Gasteiger partial charge in [-0.15, -0.1) is 4.36 Å². The van der Waals surface area contributed by atoms with Gasteiger partial charge in [-0.3, -0.25) is 9.59 Å². The number of carbonyl (C=O) groups is 2. The van der Waals surface area contributed by atoms with E-state index in [1.54, 1.807) is 50.1 Å². The van der Waals surface area contributed by atoms with Crippen molar-refractivity contribution in [3.63, 3.8) is 0 Å². The first-order valence-electron chi connectivity index (χ1n) is 12.9. The van der Waals surface area contributed by atoms with E-state index < -0.39 is 38.4 Å². The fourth-order valence-electron chi connectivity index (χ4n) is 5.49. The van der Waals surface area contributed by atoms with E-state index in [1.165, 1.54) is 0 Å². The molecule has 7 nitrogen and oxygen atoms in total. The van der Waals surface area contributed by atoms with Crippen LogP contribution in [0, 0.1) is 22.8 Å². The first kappa shape index (κ1) is 30.9. The fraction of sp³-hybridized carbons (Fsp3) is 0.483. The molecule has 1 N–H and O–H groups in total. The number of nitrogens with zero attached hydrogens (tertiary/aromatic N) is 3. The molecule has 1 fully saturated rings. The lowest BCUT2D eigenvalue weighted by atomic mass is 9.66. The summed E-state index contributed by atoms with van der Waals surface area (Å²) >= 11 is 12.6. The highest BCUT2D eigenvalue weighted by Gasteiger charge is 2.53. The van der Waals surface area contributed by atoms with Gasteiger partial charge in [-0.25, -0.2) is 4.21 Å². The number of carbonyl (C=O) groups excluding carboxylic acids is 1. The van der Waals surface area contributed by atoms with Crippen LogP contribution in [0.2, 0.25) is 10.0 Å². The average molecular weight is 593 g/mol. The molecule has 210 valence electrons. The lowest BCUT2D eigenvalue weighted by molar-refractivity contribution is -0.161. The fourth-order valence-corrected chi connectivity index (χ4v) is 7.66. The van der Waals surface area contributed by atoms with E-state index in [2.05, 4.69) is 4.36 Å². The van der Waals surface area contributed by atoms with Gasteiger partial charge in [0.1, 0.15) is 0 Å². The van der Waals surface area contributed by atoms with E-state index in [1.807, 2.05) is 44.2 Å². The smallest absolute Gasteiger partial charge is 0.304 e. The van der Waals surface area contributed by atoms with Crippen LogP contribution in [0.4, 0.5) is 0 Å². The minimum atomic E-state index is -3.02. The highest BCUT2D eigenvalue weighted by Crippen LogP contribution is 2.52. The quantitative estimate of drug-likeness (QED) is 0.318. The molecule has 3 rings (SSSR count). The summed E-state index contributed by atoms with van der Waals surface area (Å²) in [7, 11) is -3.02. The zero-order valence-corrected chi connectivity index (χ0v) is 25.1. The lowest BCUT2D eigenvalue weighted by Crippen LogP contribution is -2.59. The summed E-state index contributed by atoms with van der Waals surface area (Å²) in [4.78, 5) is 28.2. The van der Waals surface area contributed by atoms with Gasteiger partial charge in [-0.2, -0.15) is 5.26 Å². The maximum atomic E-state index is 14.5. The molecule has 0 aromatic heterocycles. The monoisotopic (exact) mass is 591 g/mol. The molecule has 2 aromatic carbocycles. The Bertz CT molecular complexity index is 1380. The number of carboxylic acids is 1. The number of rotatable bonds is 9. The number of carboxylic acid groups (broad SMARTS) is 1. The van der Waals surface area contributed by atoms with Gasteiger partial charge in [-0.1, -0.05) is 82.1 Å². The molecule has 1 saturated heterocycles. The molecule has 0 spiro atoms. The third-order valence-electron chi connectivity index (χ3n) is 7.60. The van der Waals surface area contributed by atoms with Gasteiger partial charge >= 0.3 is 5.97 Å². The van der Waals surface area contributed by atoms with Gasteiger partial charge in [0.25, 0.3) is 0 Å². The Morgan fingerprint density at radius 1 is 1.15 bits per heavy atom. The van der Waals surface area contributed by atoms with Gasteiger partial charge in [0.05, 0.1) is 33.4 Å². The topological polar surface area (TPSA) is 111 Å². The predicted octanol–water partition coefficient (Wildman–Crippen LogP) is 6.91. The zero-order chi connectivity index (χ0) is 29.1. The SMILES string of the molecule is CC(C)[C@@H](CS(=O)(=NC#N)C(C)C)N1C(=O)[C@@](C)(CC(=O)O)C[C@H](c2cccc(Cl)c2)[C@H]1c1ccc(Cl)cc1. The second-order valence-electron chi connectivity index (χ2n) is 11.1. The van der Waals surface area contributed by atoms with Crippen LogP contribution < -0.4 is 0 Å². The van der Waals surface area contributed by atoms with Crippen molar-refractivity contribution in [2.75, 3.05) is 5.75 Å². The second-order valence-corrected chi connectivity index (χ2v) is 14.8. The van der Waals surface area contributed by atoms with Crippen LogP contribution in [0.5, 0.6) is 0 Å². The van der Waals surface area contributed by atoms with E-state index in [4.69, 9.17) is 23.2 Å². The first-order valence-corrected chi connectivity index (χ1v) is 15.4. The number of hydrogen-bond donors (Lipinski definition) is 1. The molecule has 1 unspecified atom stereocenters. The number of benzene rings is 2.